The quantitative estimate of drug-likeness (QED) is 0.441. The van der Waals surface area contributed by atoms with E-state index in [0.717, 1.165) is 17.4 Å². The molecule has 2 rings (SSSR count). The lowest BCUT2D eigenvalue weighted by Crippen LogP contribution is -2.53. The van der Waals surface area contributed by atoms with Crippen LogP contribution in [0.3, 0.4) is 0 Å². The smallest absolute Gasteiger partial charge is 0.243 e. The Hall–Kier alpha value is -3.07. The first-order valence-electron chi connectivity index (χ1n) is 12.5. The third-order valence-electron chi connectivity index (χ3n) is 5.83. The molecule has 1 atom stereocenters. The van der Waals surface area contributed by atoms with E-state index in [-0.39, 0.29) is 31.2 Å². The highest BCUT2D eigenvalue weighted by Crippen LogP contribution is 2.30. The summed E-state index contributed by atoms with van der Waals surface area (Å²) in [6.07, 6.45) is 1.96. The second-order valence-electron chi connectivity index (χ2n) is 10.3. The van der Waals surface area contributed by atoms with Gasteiger partial charge in [0.05, 0.1) is 19.1 Å². The molecule has 0 spiro atoms. The lowest BCUT2D eigenvalue weighted by atomic mass is 10.0. The van der Waals surface area contributed by atoms with Gasteiger partial charge in [-0.1, -0.05) is 48.9 Å². The molecular formula is C28H41N3O5S. The number of benzene rings is 2. The molecule has 1 N–H and O–H groups in total. The molecule has 0 bridgehead atoms. The van der Waals surface area contributed by atoms with Gasteiger partial charge >= 0.3 is 0 Å². The standard InChI is InChI=1S/C28H41N3O5S/c1-8-23(27(33)29-28(3,4)5)30(20-22-14-11-13-21(2)19-22)26(32)17-12-18-31(37(7,34)35)24-15-9-10-16-25(24)36-6/h9-11,13-16,19,23H,8,12,17-18,20H2,1-7H3,(H,29,33). The Morgan fingerprint density at radius 3 is 2.32 bits per heavy atom. The Morgan fingerprint density at radius 1 is 1.08 bits per heavy atom. The second-order valence-corrected chi connectivity index (χ2v) is 12.2. The number of carbonyl (C=O) groups is 2. The van der Waals surface area contributed by atoms with Crippen LogP contribution in [0.2, 0.25) is 0 Å². The lowest BCUT2D eigenvalue weighted by molar-refractivity contribution is -0.142. The molecule has 2 amide bonds. The minimum absolute atomic E-state index is 0.0896. The molecule has 9 heteroatoms. The van der Waals surface area contributed by atoms with Gasteiger partial charge < -0.3 is 15.0 Å². The number of amides is 2. The van der Waals surface area contributed by atoms with Gasteiger partial charge in [0.15, 0.2) is 0 Å². The fourth-order valence-corrected chi connectivity index (χ4v) is 5.17. The molecule has 0 saturated carbocycles. The molecule has 204 valence electrons. The van der Waals surface area contributed by atoms with Crippen LogP contribution >= 0.6 is 0 Å². The first-order chi connectivity index (χ1) is 17.3. The van der Waals surface area contributed by atoms with Crippen LogP contribution in [0.4, 0.5) is 5.69 Å². The SMILES string of the molecule is CCC(C(=O)NC(C)(C)C)N(Cc1cccc(C)c1)C(=O)CCCN(c1ccccc1OC)S(C)(=O)=O. The third-order valence-corrected chi connectivity index (χ3v) is 7.01. The van der Waals surface area contributed by atoms with Crippen molar-refractivity contribution in [3.05, 3.63) is 59.7 Å². The fraction of sp³-hybridized carbons (Fsp3) is 0.500. The van der Waals surface area contributed by atoms with Crippen LogP contribution in [0.15, 0.2) is 48.5 Å². The van der Waals surface area contributed by atoms with Gasteiger partial charge in [0.25, 0.3) is 0 Å². The maximum atomic E-state index is 13.5. The predicted octanol–water partition coefficient (Wildman–Crippen LogP) is 4.27. The summed E-state index contributed by atoms with van der Waals surface area (Å²) in [6.45, 7) is 9.98. The van der Waals surface area contributed by atoms with Crippen LogP contribution in [-0.2, 0) is 26.2 Å². The van der Waals surface area contributed by atoms with E-state index >= 15 is 0 Å². The summed E-state index contributed by atoms with van der Waals surface area (Å²) in [5.74, 6) is 0.0268. The van der Waals surface area contributed by atoms with Crippen LogP contribution in [0.25, 0.3) is 0 Å². The van der Waals surface area contributed by atoms with Crippen molar-refractivity contribution in [2.24, 2.45) is 0 Å². The number of rotatable bonds is 12. The van der Waals surface area contributed by atoms with E-state index in [1.54, 1.807) is 29.2 Å². The van der Waals surface area contributed by atoms with E-state index in [2.05, 4.69) is 5.32 Å². The van der Waals surface area contributed by atoms with Gasteiger partial charge in [0, 0.05) is 25.0 Å². The van der Waals surface area contributed by atoms with Gasteiger partial charge in [-0.2, -0.15) is 0 Å². The van der Waals surface area contributed by atoms with Crippen molar-refractivity contribution in [2.75, 3.05) is 24.2 Å². The minimum atomic E-state index is -3.61. The van der Waals surface area contributed by atoms with Crippen LogP contribution in [0.1, 0.15) is 58.1 Å². The molecule has 0 fully saturated rings. The van der Waals surface area contributed by atoms with Gasteiger partial charge in [-0.25, -0.2) is 8.42 Å². The topological polar surface area (TPSA) is 96.0 Å². The highest BCUT2D eigenvalue weighted by molar-refractivity contribution is 7.92. The monoisotopic (exact) mass is 531 g/mol. The van der Waals surface area contributed by atoms with E-state index in [1.807, 2.05) is 58.9 Å². The van der Waals surface area contributed by atoms with Crippen molar-refractivity contribution in [3.63, 3.8) is 0 Å². The summed E-state index contributed by atoms with van der Waals surface area (Å²) in [5.41, 5.74) is 1.99. The molecule has 2 aromatic rings. The first kappa shape index (κ1) is 30.2. The highest BCUT2D eigenvalue weighted by atomic mass is 32.2. The van der Waals surface area contributed by atoms with E-state index in [0.29, 0.717) is 24.4 Å². The molecular weight excluding hydrogens is 490 g/mol. The average molecular weight is 532 g/mol. The fourth-order valence-electron chi connectivity index (χ4n) is 4.20. The van der Waals surface area contributed by atoms with Crippen molar-refractivity contribution in [3.8, 4) is 5.75 Å². The van der Waals surface area contributed by atoms with Crippen LogP contribution < -0.4 is 14.4 Å². The van der Waals surface area contributed by atoms with Crippen LogP contribution in [-0.4, -0.2) is 56.6 Å². The number of nitrogens with one attached hydrogen (secondary N) is 1. The molecule has 37 heavy (non-hydrogen) atoms. The maximum absolute atomic E-state index is 13.5. The number of hydrogen-bond acceptors (Lipinski definition) is 5. The van der Waals surface area contributed by atoms with Gasteiger partial charge in [-0.3, -0.25) is 13.9 Å². The summed E-state index contributed by atoms with van der Waals surface area (Å²) in [5, 5.41) is 3.00. The summed E-state index contributed by atoms with van der Waals surface area (Å²) < 4.78 is 31.8. The van der Waals surface area contributed by atoms with Crippen LogP contribution in [0.5, 0.6) is 5.75 Å². The zero-order chi connectivity index (χ0) is 27.8. The largest absolute Gasteiger partial charge is 0.495 e. The van der Waals surface area contributed by atoms with Crippen molar-refractivity contribution < 1.29 is 22.7 Å². The zero-order valence-electron chi connectivity index (χ0n) is 23.1. The van der Waals surface area contributed by atoms with E-state index < -0.39 is 21.6 Å². The van der Waals surface area contributed by atoms with Crippen LogP contribution in [0, 0.1) is 6.92 Å². The predicted molar refractivity (Wildman–Crippen MR) is 148 cm³/mol. The Morgan fingerprint density at radius 2 is 1.76 bits per heavy atom. The van der Waals surface area contributed by atoms with Gasteiger partial charge in [-0.05, 0) is 58.2 Å². The van der Waals surface area contributed by atoms with E-state index in [9.17, 15) is 18.0 Å². The number of aryl methyl sites for hydroxylation is 1. The summed E-state index contributed by atoms with van der Waals surface area (Å²) >= 11 is 0. The Balaban J connectivity index is 2.27. The molecule has 0 saturated heterocycles. The number of ether oxygens (including phenoxy) is 1. The molecule has 2 aromatic carbocycles. The van der Waals surface area contributed by atoms with Gasteiger partial charge in [0.2, 0.25) is 21.8 Å². The molecule has 0 aliphatic carbocycles. The average Bonchev–Trinajstić information content (AvgIpc) is 2.79. The minimum Gasteiger partial charge on any atom is -0.495 e. The highest BCUT2D eigenvalue weighted by Gasteiger charge is 2.31. The van der Waals surface area contributed by atoms with E-state index in [1.165, 1.54) is 11.4 Å². The normalized spacial score (nSPS) is 12.5. The van der Waals surface area contributed by atoms with Gasteiger partial charge in [-0.15, -0.1) is 0 Å². The molecule has 0 aromatic heterocycles. The number of sulfonamides is 1. The molecule has 0 heterocycles. The molecule has 0 aliphatic rings. The molecule has 8 nitrogen and oxygen atoms in total. The summed E-state index contributed by atoms with van der Waals surface area (Å²) in [7, 11) is -2.13. The van der Waals surface area contributed by atoms with E-state index in [4.69, 9.17) is 4.74 Å². The number of nitrogens with zero attached hydrogens (tertiary/aromatic N) is 2. The Kier molecular flexibility index (Phi) is 10.5. The van der Waals surface area contributed by atoms with Crippen molar-refractivity contribution in [2.45, 2.75) is 72.0 Å². The first-order valence-corrected chi connectivity index (χ1v) is 14.4. The van der Waals surface area contributed by atoms with Crippen molar-refractivity contribution in [1.82, 2.24) is 10.2 Å². The number of anilines is 1. The maximum Gasteiger partial charge on any atom is 0.243 e. The molecule has 0 aliphatic heterocycles. The van der Waals surface area contributed by atoms with Crippen molar-refractivity contribution in [1.29, 1.82) is 0 Å². The number of hydrogen-bond donors (Lipinski definition) is 1. The Bertz CT molecular complexity index is 1170. The third kappa shape index (κ3) is 9.07. The summed E-state index contributed by atoms with van der Waals surface area (Å²) in [4.78, 5) is 28.3. The number of methoxy groups -OCH3 is 1. The number of carbonyl (C=O) groups excluding carboxylic acids is 2. The zero-order valence-corrected chi connectivity index (χ0v) is 23.9. The Labute approximate surface area is 222 Å². The summed E-state index contributed by atoms with van der Waals surface area (Å²) in [6, 6.07) is 14.1. The number of para-hydroxylation sites is 2. The lowest BCUT2D eigenvalue weighted by Gasteiger charge is -2.33. The second kappa shape index (κ2) is 12.9. The molecule has 0 radical (unpaired) electrons. The molecule has 1 unspecified atom stereocenters. The van der Waals surface area contributed by atoms with Crippen molar-refractivity contribution >= 4 is 27.5 Å². The van der Waals surface area contributed by atoms with Gasteiger partial charge in [0.1, 0.15) is 11.8 Å².